The molecule has 0 spiro atoms. The largest absolute Gasteiger partial charge is 0.420 e. The van der Waals surface area contributed by atoms with Crippen LogP contribution in [-0.2, 0) is 12.8 Å². The van der Waals surface area contributed by atoms with E-state index in [-0.39, 0.29) is 5.75 Å². The fourth-order valence-electron chi connectivity index (χ4n) is 5.18. The van der Waals surface area contributed by atoms with Crippen LogP contribution in [0, 0.1) is 5.82 Å². The smallest absolute Gasteiger partial charge is 0.343 e. The van der Waals surface area contributed by atoms with Crippen LogP contribution in [0.4, 0.5) is 4.39 Å². The molecule has 0 atom stereocenters. The number of ether oxygens (including phenoxy) is 1. The van der Waals surface area contributed by atoms with Gasteiger partial charge in [-0.3, -0.25) is 0 Å². The van der Waals surface area contributed by atoms with Gasteiger partial charge in [-0.2, -0.15) is 0 Å². The van der Waals surface area contributed by atoms with E-state index >= 15 is 0 Å². The third kappa shape index (κ3) is 11.3. The predicted molar refractivity (Wildman–Crippen MR) is 167 cm³/mol. The van der Waals surface area contributed by atoms with E-state index in [1.807, 2.05) is 18.2 Å². The maximum absolute atomic E-state index is 14.6. The molecule has 0 heterocycles. The maximum Gasteiger partial charge on any atom is 0.343 e. The van der Waals surface area contributed by atoms with E-state index in [1.54, 1.807) is 18.2 Å². The number of hydrogen-bond acceptors (Lipinski definition) is 2. The highest BCUT2D eigenvalue weighted by molar-refractivity contribution is 5.91. The molecule has 0 saturated heterocycles. The highest BCUT2D eigenvalue weighted by Crippen LogP contribution is 2.24. The van der Waals surface area contributed by atoms with Crippen molar-refractivity contribution in [1.29, 1.82) is 0 Å². The summed E-state index contributed by atoms with van der Waals surface area (Å²) < 4.78 is 20.0. The highest BCUT2D eigenvalue weighted by atomic mass is 19.1. The number of aryl methyl sites for hydroxylation is 2. The van der Waals surface area contributed by atoms with Crippen molar-refractivity contribution in [1.82, 2.24) is 0 Å². The molecule has 0 aromatic heterocycles. The number of esters is 1. The molecule has 3 aromatic rings. The Balaban J connectivity index is 1.43. The van der Waals surface area contributed by atoms with Crippen molar-refractivity contribution in [3.8, 4) is 16.9 Å². The Morgan fingerprint density at radius 1 is 0.575 bits per heavy atom. The van der Waals surface area contributed by atoms with E-state index in [9.17, 15) is 9.18 Å². The van der Waals surface area contributed by atoms with Gasteiger partial charge in [-0.15, -0.1) is 0 Å². The molecule has 40 heavy (non-hydrogen) atoms. The molecular weight excluding hydrogens is 495 g/mol. The lowest BCUT2D eigenvalue weighted by Crippen LogP contribution is -2.09. The monoisotopic (exact) mass is 544 g/mol. The number of benzene rings is 3. The summed E-state index contributed by atoms with van der Waals surface area (Å²) in [4.78, 5) is 12.7. The van der Waals surface area contributed by atoms with Gasteiger partial charge in [0.1, 0.15) is 0 Å². The second kappa shape index (κ2) is 18.4. The zero-order valence-electron chi connectivity index (χ0n) is 24.9. The van der Waals surface area contributed by atoms with Gasteiger partial charge in [0, 0.05) is 0 Å². The van der Waals surface area contributed by atoms with Gasteiger partial charge in [0.25, 0.3) is 0 Å². The molecule has 0 radical (unpaired) electrons. The summed E-state index contributed by atoms with van der Waals surface area (Å²) in [7, 11) is 0. The molecule has 0 N–H and O–H groups in total. The molecule has 3 heteroatoms. The Bertz CT molecular complexity index is 1120. The van der Waals surface area contributed by atoms with Gasteiger partial charge in [-0.05, 0) is 72.2 Å². The first-order valence-electron chi connectivity index (χ1n) is 15.8. The first-order chi connectivity index (χ1) is 19.6. The Hall–Kier alpha value is -2.94. The summed E-state index contributed by atoms with van der Waals surface area (Å²) in [6, 6.07) is 21.0. The Morgan fingerprint density at radius 2 is 1.02 bits per heavy atom. The Kier molecular flexibility index (Phi) is 14.5. The average Bonchev–Trinajstić information content (AvgIpc) is 2.98. The van der Waals surface area contributed by atoms with Gasteiger partial charge in [0.15, 0.2) is 11.6 Å². The van der Waals surface area contributed by atoms with Gasteiger partial charge >= 0.3 is 5.97 Å². The lowest BCUT2D eigenvalue weighted by atomic mass is 10.00. The number of rotatable bonds is 19. The molecule has 3 rings (SSSR count). The first kappa shape index (κ1) is 31.6. The summed E-state index contributed by atoms with van der Waals surface area (Å²) in [5.74, 6) is -1.05. The van der Waals surface area contributed by atoms with Gasteiger partial charge < -0.3 is 4.74 Å². The number of hydrogen-bond donors (Lipinski definition) is 0. The topological polar surface area (TPSA) is 26.3 Å². The molecule has 0 bridgehead atoms. The Morgan fingerprint density at radius 3 is 1.55 bits per heavy atom. The molecule has 2 nitrogen and oxygen atoms in total. The quantitative estimate of drug-likeness (QED) is 0.0852. The molecule has 0 unspecified atom stereocenters. The lowest BCUT2D eigenvalue weighted by Gasteiger charge is -2.09. The third-order valence-corrected chi connectivity index (χ3v) is 7.74. The first-order valence-corrected chi connectivity index (χ1v) is 15.8. The van der Waals surface area contributed by atoms with Gasteiger partial charge in [-0.25, -0.2) is 9.18 Å². The van der Waals surface area contributed by atoms with Crippen LogP contribution < -0.4 is 4.74 Å². The fraction of sp³-hybridized carbons (Fsp3) is 0.486. The summed E-state index contributed by atoms with van der Waals surface area (Å²) in [5, 5.41) is 0. The molecule has 0 aliphatic heterocycles. The number of carbonyl (C=O) groups excluding carboxylic acids is 1. The molecule has 3 aromatic carbocycles. The third-order valence-electron chi connectivity index (χ3n) is 7.74. The summed E-state index contributed by atoms with van der Waals surface area (Å²) in [5.41, 5.74) is 4.88. The van der Waals surface area contributed by atoms with Crippen LogP contribution in [0.15, 0.2) is 66.7 Å². The van der Waals surface area contributed by atoms with Gasteiger partial charge in [-0.1, -0.05) is 133 Å². The molecule has 216 valence electrons. The molecule has 0 fully saturated rings. The van der Waals surface area contributed by atoms with Crippen LogP contribution >= 0.6 is 0 Å². The van der Waals surface area contributed by atoms with Crippen molar-refractivity contribution in [2.24, 2.45) is 0 Å². The van der Waals surface area contributed by atoms with Crippen molar-refractivity contribution in [3.63, 3.8) is 0 Å². The van der Waals surface area contributed by atoms with Crippen LogP contribution in [-0.4, -0.2) is 5.97 Å². The van der Waals surface area contributed by atoms with Crippen LogP contribution in [0.1, 0.15) is 125 Å². The van der Waals surface area contributed by atoms with Gasteiger partial charge in [0.05, 0.1) is 5.56 Å². The molecule has 0 saturated carbocycles. The van der Waals surface area contributed by atoms with E-state index in [0.717, 1.165) is 42.4 Å². The molecule has 0 aliphatic rings. The van der Waals surface area contributed by atoms with E-state index in [0.29, 0.717) is 5.56 Å². The molecular formula is C37H49FO2. The van der Waals surface area contributed by atoms with Crippen molar-refractivity contribution >= 4 is 5.97 Å². The second-order valence-electron chi connectivity index (χ2n) is 11.2. The van der Waals surface area contributed by atoms with Crippen molar-refractivity contribution in [2.75, 3.05) is 0 Å². The summed E-state index contributed by atoms with van der Waals surface area (Å²) >= 11 is 0. The summed E-state index contributed by atoms with van der Waals surface area (Å²) in [6.45, 7) is 4.47. The summed E-state index contributed by atoms with van der Waals surface area (Å²) in [6.07, 6.45) is 19.9. The zero-order chi connectivity index (χ0) is 28.4. The van der Waals surface area contributed by atoms with Crippen molar-refractivity contribution in [3.05, 3.63) is 89.2 Å². The highest BCUT2D eigenvalue weighted by Gasteiger charge is 2.13. The fourth-order valence-corrected chi connectivity index (χ4v) is 5.18. The van der Waals surface area contributed by atoms with E-state index in [2.05, 4.69) is 38.1 Å². The SMILES string of the molecule is CCCCCCCCCCc1ccc(-c2ccc(C(=O)Oc3ccc(CCCCCCCC)cc3F)cc2)cc1. The number of carbonyl (C=O) groups is 1. The van der Waals surface area contributed by atoms with E-state index in [4.69, 9.17) is 4.74 Å². The predicted octanol–water partition coefficient (Wildman–Crippen LogP) is 11.3. The molecule has 0 aliphatic carbocycles. The Labute approximate surface area is 242 Å². The van der Waals surface area contributed by atoms with Gasteiger partial charge in [0.2, 0.25) is 0 Å². The van der Waals surface area contributed by atoms with Crippen LogP contribution in [0.5, 0.6) is 5.75 Å². The lowest BCUT2D eigenvalue weighted by molar-refractivity contribution is 0.0728. The van der Waals surface area contributed by atoms with Crippen LogP contribution in [0.2, 0.25) is 0 Å². The minimum atomic E-state index is -0.546. The number of halogens is 1. The standard InChI is InChI=1S/C37H49FO2/c1-3-5-7-9-11-12-14-15-17-30-19-22-32(23-20-30)33-24-26-34(27-25-33)37(39)40-36-28-21-31(29-35(36)38)18-16-13-10-8-6-4-2/h19-29H,3-18H2,1-2H3. The van der Waals surface area contributed by atoms with E-state index in [1.165, 1.54) is 88.7 Å². The van der Waals surface area contributed by atoms with Crippen molar-refractivity contribution < 1.29 is 13.9 Å². The van der Waals surface area contributed by atoms with Crippen LogP contribution in [0.25, 0.3) is 11.1 Å². The number of unbranched alkanes of at least 4 members (excludes halogenated alkanes) is 12. The van der Waals surface area contributed by atoms with Crippen LogP contribution in [0.3, 0.4) is 0 Å². The second-order valence-corrected chi connectivity index (χ2v) is 11.2. The average molecular weight is 545 g/mol. The van der Waals surface area contributed by atoms with Crippen molar-refractivity contribution in [2.45, 2.75) is 117 Å². The normalized spacial score (nSPS) is 11.1. The minimum Gasteiger partial charge on any atom is -0.420 e. The molecule has 0 amide bonds. The maximum atomic E-state index is 14.6. The minimum absolute atomic E-state index is 0.0205. The van der Waals surface area contributed by atoms with E-state index < -0.39 is 11.8 Å². The zero-order valence-corrected chi connectivity index (χ0v) is 24.9.